The zero-order valence-corrected chi connectivity index (χ0v) is 12.0. The summed E-state index contributed by atoms with van der Waals surface area (Å²) in [5.74, 6) is 0.435. The lowest BCUT2D eigenvalue weighted by Gasteiger charge is -2.27. The van der Waals surface area contributed by atoms with Crippen LogP contribution in [0, 0.1) is 16.7 Å². The van der Waals surface area contributed by atoms with Crippen LogP contribution >= 0.6 is 0 Å². The normalized spacial score (nSPS) is 17.6. The smallest absolute Gasteiger partial charge is 0.209 e. The predicted octanol–water partition coefficient (Wildman–Crippen LogP) is 1.79. The summed E-state index contributed by atoms with van der Waals surface area (Å²) < 4.78 is 28.5. The summed E-state index contributed by atoms with van der Waals surface area (Å²) in [5.41, 5.74) is 0.0344. The summed E-state index contributed by atoms with van der Waals surface area (Å²) in [4.78, 5) is 0. The average Bonchev–Trinajstić information content (AvgIpc) is 2.83. The molecule has 0 saturated heterocycles. The van der Waals surface area contributed by atoms with Gasteiger partial charge in [-0.3, -0.25) is 0 Å². The third-order valence-corrected chi connectivity index (χ3v) is 4.73. The van der Waals surface area contributed by atoms with Gasteiger partial charge in [0.25, 0.3) is 0 Å². The highest BCUT2D eigenvalue weighted by atomic mass is 32.2. The molecule has 2 rings (SSSR count). The minimum absolute atomic E-state index is 0.0608. The van der Waals surface area contributed by atoms with Crippen LogP contribution in [0.1, 0.15) is 31.2 Å². The largest absolute Gasteiger partial charge is 0.492 e. The van der Waals surface area contributed by atoms with Gasteiger partial charge in [0.15, 0.2) is 0 Å². The van der Waals surface area contributed by atoms with E-state index < -0.39 is 15.4 Å². The van der Waals surface area contributed by atoms with Crippen molar-refractivity contribution < 1.29 is 13.2 Å². The zero-order valence-electron chi connectivity index (χ0n) is 11.2. The van der Waals surface area contributed by atoms with Crippen LogP contribution in [0.4, 0.5) is 0 Å². The van der Waals surface area contributed by atoms with Crippen molar-refractivity contribution in [2.24, 2.45) is 10.6 Å². The van der Waals surface area contributed by atoms with Gasteiger partial charge in [-0.1, -0.05) is 25.0 Å². The number of benzene rings is 1. The number of nitrogens with zero attached hydrogens (tertiary/aromatic N) is 1. The number of hydrogen-bond donors (Lipinski definition) is 1. The second-order valence-corrected chi connectivity index (χ2v) is 7.03. The van der Waals surface area contributed by atoms with Crippen molar-refractivity contribution in [3.8, 4) is 11.8 Å². The van der Waals surface area contributed by atoms with E-state index in [9.17, 15) is 8.42 Å². The first kappa shape index (κ1) is 14.8. The van der Waals surface area contributed by atoms with Gasteiger partial charge in [0.05, 0.1) is 17.9 Å². The summed E-state index contributed by atoms with van der Waals surface area (Å²) >= 11 is 0. The van der Waals surface area contributed by atoms with Crippen molar-refractivity contribution in [3.63, 3.8) is 0 Å². The SMILES string of the molecule is N#Cc1ccccc1OCC1(CS(N)(=O)=O)CCCC1. The van der Waals surface area contributed by atoms with Gasteiger partial charge >= 0.3 is 0 Å². The van der Waals surface area contributed by atoms with Gasteiger partial charge in [-0.15, -0.1) is 0 Å². The molecule has 20 heavy (non-hydrogen) atoms. The van der Waals surface area contributed by atoms with E-state index in [0.29, 0.717) is 11.3 Å². The summed E-state index contributed by atoms with van der Waals surface area (Å²) in [7, 11) is -3.53. The van der Waals surface area contributed by atoms with Crippen LogP contribution in [-0.4, -0.2) is 20.8 Å². The summed E-state index contributed by atoms with van der Waals surface area (Å²) in [6.45, 7) is 0.280. The maximum absolute atomic E-state index is 11.4. The Morgan fingerprint density at radius 3 is 2.55 bits per heavy atom. The van der Waals surface area contributed by atoms with Gasteiger partial charge in [0, 0.05) is 5.41 Å². The molecule has 5 nitrogen and oxygen atoms in total. The molecule has 0 unspecified atom stereocenters. The first-order chi connectivity index (χ1) is 9.44. The third kappa shape index (κ3) is 3.71. The van der Waals surface area contributed by atoms with E-state index in [-0.39, 0.29) is 12.4 Å². The molecule has 0 amide bonds. The van der Waals surface area contributed by atoms with E-state index in [2.05, 4.69) is 6.07 Å². The van der Waals surface area contributed by atoms with Crippen LogP contribution < -0.4 is 9.88 Å². The van der Waals surface area contributed by atoms with Crippen molar-refractivity contribution in [3.05, 3.63) is 29.8 Å². The van der Waals surface area contributed by atoms with E-state index >= 15 is 0 Å². The van der Waals surface area contributed by atoms with Crippen LogP contribution in [0.25, 0.3) is 0 Å². The molecule has 0 spiro atoms. The summed E-state index contributed by atoms with van der Waals surface area (Å²) in [5, 5.41) is 14.2. The average molecular weight is 294 g/mol. The molecule has 0 aliphatic heterocycles. The molecule has 0 radical (unpaired) electrons. The maximum Gasteiger partial charge on any atom is 0.209 e. The fourth-order valence-corrected chi connectivity index (χ4v) is 4.02. The van der Waals surface area contributed by atoms with E-state index in [0.717, 1.165) is 25.7 Å². The lowest BCUT2D eigenvalue weighted by molar-refractivity contribution is 0.170. The summed E-state index contributed by atoms with van der Waals surface area (Å²) in [6, 6.07) is 9.01. The second-order valence-electron chi connectivity index (χ2n) is 5.41. The van der Waals surface area contributed by atoms with Gasteiger partial charge < -0.3 is 4.74 Å². The lowest BCUT2D eigenvalue weighted by Crippen LogP contribution is -2.36. The van der Waals surface area contributed by atoms with E-state index in [1.165, 1.54) is 0 Å². The van der Waals surface area contributed by atoms with Crippen molar-refractivity contribution in [1.82, 2.24) is 0 Å². The van der Waals surface area contributed by atoms with Crippen LogP contribution in [0.5, 0.6) is 5.75 Å². The van der Waals surface area contributed by atoms with Crippen LogP contribution in [0.15, 0.2) is 24.3 Å². The van der Waals surface area contributed by atoms with E-state index in [4.69, 9.17) is 15.1 Å². The van der Waals surface area contributed by atoms with Gasteiger partial charge in [0.1, 0.15) is 11.8 Å². The number of sulfonamides is 1. The Bertz CT molecular complexity index is 614. The molecule has 1 fully saturated rings. The zero-order chi connectivity index (χ0) is 14.6. The highest BCUT2D eigenvalue weighted by molar-refractivity contribution is 7.89. The number of ether oxygens (including phenoxy) is 1. The van der Waals surface area contributed by atoms with Gasteiger partial charge in [-0.05, 0) is 25.0 Å². The van der Waals surface area contributed by atoms with Crippen molar-refractivity contribution in [1.29, 1.82) is 5.26 Å². The lowest BCUT2D eigenvalue weighted by atomic mass is 9.90. The number of rotatable bonds is 5. The van der Waals surface area contributed by atoms with Crippen molar-refractivity contribution in [2.45, 2.75) is 25.7 Å². The molecule has 0 bridgehead atoms. The summed E-state index contributed by atoms with van der Waals surface area (Å²) in [6.07, 6.45) is 3.55. The first-order valence-corrected chi connectivity index (χ1v) is 8.28. The Morgan fingerprint density at radius 2 is 1.95 bits per heavy atom. The molecule has 0 atom stereocenters. The topological polar surface area (TPSA) is 93.2 Å². The molecule has 1 aromatic rings. The Kier molecular flexibility index (Phi) is 4.31. The van der Waals surface area contributed by atoms with E-state index in [1.54, 1.807) is 24.3 Å². The molecular weight excluding hydrogens is 276 g/mol. The molecule has 1 saturated carbocycles. The van der Waals surface area contributed by atoms with Crippen molar-refractivity contribution in [2.75, 3.05) is 12.4 Å². The Labute approximate surface area is 119 Å². The monoisotopic (exact) mass is 294 g/mol. The van der Waals surface area contributed by atoms with Gasteiger partial charge in [0.2, 0.25) is 10.0 Å². The fraction of sp³-hybridized carbons (Fsp3) is 0.500. The molecule has 0 heterocycles. The molecule has 6 heteroatoms. The Hall–Kier alpha value is -1.58. The fourth-order valence-electron chi connectivity index (χ4n) is 2.80. The predicted molar refractivity (Wildman–Crippen MR) is 75.5 cm³/mol. The molecule has 1 aliphatic rings. The number of hydrogen-bond acceptors (Lipinski definition) is 4. The molecule has 1 aromatic carbocycles. The van der Waals surface area contributed by atoms with Gasteiger partial charge in [-0.2, -0.15) is 5.26 Å². The second kappa shape index (κ2) is 5.81. The van der Waals surface area contributed by atoms with Crippen LogP contribution in [0.2, 0.25) is 0 Å². The number of nitrogens with two attached hydrogens (primary N) is 1. The third-order valence-electron chi connectivity index (χ3n) is 3.71. The number of nitriles is 1. The molecule has 1 aliphatic carbocycles. The molecule has 2 N–H and O–H groups in total. The molecule has 0 aromatic heterocycles. The van der Waals surface area contributed by atoms with Crippen LogP contribution in [-0.2, 0) is 10.0 Å². The quantitative estimate of drug-likeness (QED) is 0.895. The Balaban J connectivity index is 2.12. The van der Waals surface area contributed by atoms with E-state index in [1.807, 2.05) is 0 Å². The maximum atomic E-state index is 11.4. The highest BCUT2D eigenvalue weighted by Crippen LogP contribution is 2.39. The minimum atomic E-state index is -3.53. The molecular formula is C14H18N2O3S. The highest BCUT2D eigenvalue weighted by Gasteiger charge is 2.38. The van der Waals surface area contributed by atoms with Crippen molar-refractivity contribution >= 4 is 10.0 Å². The van der Waals surface area contributed by atoms with Gasteiger partial charge in [-0.25, -0.2) is 13.6 Å². The van der Waals surface area contributed by atoms with Crippen LogP contribution in [0.3, 0.4) is 0 Å². The number of primary sulfonamides is 1. The minimum Gasteiger partial charge on any atom is -0.492 e. The standard InChI is InChI=1S/C14H18N2O3S/c15-9-12-5-1-2-6-13(12)19-10-14(7-3-4-8-14)11-20(16,17)18/h1-2,5-6H,3-4,7-8,10-11H2,(H2,16,17,18). The Morgan fingerprint density at radius 1 is 1.30 bits per heavy atom. The first-order valence-electron chi connectivity index (χ1n) is 6.57. The molecule has 108 valence electrons. The number of para-hydroxylation sites is 1.